The van der Waals surface area contributed by atoms with Crippen molar-refractivity contribution in [3.05, 3.63) is 47.4 Å². The van der Waals surface area contributed by atoms with Crippen LogP contribution in [-0.2, 0) is 0 Å². The van der Waals surface area contributed by atoms with Crippen LogP contribution in [0.25, 0.3) is 5.65 Å². The number of fused-ring (bicyclic) bond motifs is 1. The van der Waals surface area contributed by atoms with E-state index in [1.54, 1.807) is 6.07 Å². The maximum atomic E-state index is 13.5. The molecule has 3 aromatic heterocycles. The number of rotatable bonds is 6. The predicted octanol–water partition coefficient (Wildman–Crippen LogP) is 1.17. The van der Waals surface area contributed by atoms with Crippen molar-refractivity contribution in [1.82, 2.24) is 29.9 Å². The predicted molar refractivity (Wildman–Crippen MR) is 130 cm³/mol. The molecule has 0 radical (unpaired) electrons. The van der Waals surface area contributed by atoms with Gasteiger partial charge in [0.15, 0.2) is 5.65 Å². The number of hydrazine groups is 1. The van der Waals surface area contributed by atoms with Crippen LogP contribution in [0, 0.1) is 6.92 Å². The van der Waals surface area contributed by atoms with Crippen LogP contribution < -0.4 is 27.2 Å². The highest BCUT2D eigenvalue weighted by Gasteiger charge is 2.32. The molecule has 0 unspecified atom stereocenters. The number of amides is 1. The summed E-state index contributed by atoms with van der Waals surface area (Å²) in [7, 11) is 0. The average Bonchev–Trinajstić information content (AvgIpc) is 3.47. The van der Waals surface area contributed by atoms with Crippen molar-refractivity contribution in [2.75, 3.05) is 36.5 Å². The first kappa shape index (κ1) is 22.5. The van der Waals surface area contributed by atoms with E-state index in [2.05, 4.69) is 27.6 Å². The summed E-state index contributed by atoms with van der Waals surface area (Å²) in [5.74, 6) is 6.79. The van der Waals surface area contributed by atoms with Crippen molar-refractivity contribution < 1.29 is 4.79 Å². The van der Waals surface area contributed by atoms with Gasteiger partial charge in [0.25, 0.3) is 5.91 Å². The molecule has 180 valence electrons. The second-order valence-electron chi connectivity index (χ2n) is 9.09. The first-order valence-corrected chi connectivity index (χ1v) is 11.9. The first-order chi connectivity index (χ1) is 16.5. The van der Waals surface area contributed by atoms with E-state index in [0.717, 1.165) is 61.5 Å². The number of hydrogen-bond acceptors (Lipinski definition) is 9. The fraction of sp³-hybridized carbons (Fsp3) is 0.478. The summed E-state index contributed by atoms with van der Waals surface area (Å²) in [6, 6.07) is 7.46. The van der Waals surface area contributed by atoms with Crippen molar-refractivity contribution >= 4 is 23.2 Å². The summed E-state index contributed by atoms with van der Waals surface area (Å²) in [5, 5.41) is 7.86. The molecule has 2 fully saturated rings. The standard InChI is InChI=1S/C23H32N10O/c1-15-12-33-21(29-22(15)31-10-8-16(24)13-31)11-18(30-33)19-6-2-3-9-32(19)23(34)17-5-4-7-20(28-17)26-14-27-25/h4-5,7,11-12,16,19,27H,2-3,6,8-10,13-14,24-25H2,1H3,(H,26,28)/t16-,19-/m0/s1. The topological polar surface area (TPSA) is 143 Å². The van der Waals surface area contributed by atoms with Crippen LogP contribution in [0.3, 0.4) is 0 Å². The molecule has 0 saturated carbocycles. The second kappa shape index (κ2) is 9.53. The minimum atomic E-state index is -0.115. The Labute approximate surface area is 198 Å². The summed E-state index contributed by atoms with van der Waals surface area (Å²) in [6.45, 7) is 4.81. The van der Waals surface area contributed by atoms with E-state index in [9.17, 15) is 4.79 Å². The molecular weight excluding hydrogens is 432 g/mol. The van der Waals surface area contributed by atoms with Crippen LogP contribution >= 0.6 is 0 Å². The lowest BCUT2D eigenvalue weighted by Crippen LogP contribution is -2.39. The Morgan fingerprint density at radius 1 is 1.21 bits per heavy atom. The fourth-order valence-electron chi connectivity index (χ4n) is 4.91. The lowest BCUT2D eigenvalue weighted by atomic mass is 9.99. The summed E-state index contributed by atoms with van der Waals surface area (Å²) in [6.07, 6.45) is 5.85. The SMILES string of the molecule is Cc1cn2nc([C@@H]3CCCCN3C(=O)c3cccc(NCNN)n3)cc2nc1N1CC[C@H](N)C1. The Morgan fingerprint density at radius 3 is 2.88 bits per heavy atom. The Balaban J connectivity index is 1.42. The summed E-state index contributed by atoms with van der Waals surface area (Å²) in [4.78, 5) is 27.0. The number of anilines is 2. The maximum Gasteiger partial charge on any atom is 0.273 e. The van der Waals surface area contributed by atoms with Gasteiger partial charge in [-0.15, -0.1) is 0 Å². The van der Waals surface area contributed by atoms with Gasteiger partial charge in [0.1, 0.15) is 17.3 Å². The van der Waals surface area contributed by atoms with Crippen LogP contribution in [0.2, 0.25) is 0 Å². The van der Waals surface area contributed by atoms with Crippen LogP contribution in [0.4, 0.5) is 11.6 Å². The zero-order valence-corrected chi connectivity index (χ0v) is 19.4. The molecule has 0 aromatic carbocycles. The number of aromatic nitrogens is 4. The zero-order valence-electron chi connectivity index (χ0n) is 19.4. The molecule has 0 spiro atoms. The highest BCUT2D eigenvalue weighted by Crippen LogP contribution is 2.32. The van der Waals surface area contributed by atoms with Gasteiger partial charge in [-0.25, -0.2) is 19.9 Å². The van der Waals surface area contributed by atoms with Gasteiger partial charge < -0.3 is 20.9 Å². The zero-order chi connectivity index (χ0) is 23.7. The van der Waals surface area contributed by atoms with Crippen LogP contribution in [0.1, 0.15) is 53.5 Å². The smallest absolute Gasteiger partial charge is 0.273 e. The van der Waals surface area contributed by atoms with Gasteiger partial charge in [-0.3, -0.25) is 10.6 Å². The van der Waals surface area contributed by atoms with Gasteiger partial charge >= 0.3 is 0 Å². The molecule has 5 heterocycles. The molecule has 11 heteroatoms. The number of aryl methyl sites for hydroxylation is 1. The normalized spacial score (nSPS) is 20.8. The van der Waals surface area contributed by atoms with E-state index in [-0.39, 0.29) is 18.0 Å². The summed E-state index contributed by atoms with van der Waals surface area (Å²) < 4.78 is 1.82. The van der Waals surface area contributed by atoms with Gasteiger partial charge in [0.05, 0.1) is 18.4 Å². The van der Waals surface area contributed by atoms with E-state index >= 15 is 0 Å². The van der Waals surface area contributed by atoms with Gasteiger partial charge in [0.2, 0.25) is 0 Å². The largest absolute Gasteiger partial charge is 0.356 e. The minimum absolute atomic E-state index is 0.0954. The lowest BCUT2D eigenvalue weighted by Gasteiger charge is -2.34. The molecule has 2 aliphatic heterocycles. The molecular formula is C23H32N10O. The quantitative estimate of drug-likeness (QED) is 0.240. The van der Waals surface area contributed by atoms with Crippen LogP contribution in [0.15, 0.2) is 30.5 Å². The van der Waals surface area contributed by atoms with Gasteiger partial charge in [-0.05, 0) is 44.7 Å². The molecule has 6 N–H and O–H groups in total. The van der Waals surface area contributed by atoms with Crippen molar-refractivity contribution in [2.45, 2.75) is 44.7 Å². The highest BCUT2D eigenvalue weighted by atomic mass is 16.2. The number of nitrogens with zero attached hydrogens (tertiary/aromatic N) is 6. The summed E-state index contributed by atoms with van der Waals surface area (Å²) >= 11 is 0. The molecule has 2 aliphatic rings. The molecule has 5 rings (SSSR count). The van der Waals surface area contributed by atoms with Crippen molar-refractivity contribution in [3.8, 4) is 0 Å². The molecule has 1 amide bonds. The Hall–Kier alpha value is -3.28. The lowest BCUT2D eigenvalue weighted by molar-refractivity contribution is 0.0599. The molecule has 3 aromatic rings. The van der Waals surface area contributed by atoms with Crippen LogP contribution in [0.5, 0.6) is 0 Å². The number of hydrogen-bond donors (Lipinski definition) is 4. The number of carbonyl (C=O) groups excluding carboxylic acids is 1. The van der Waals surface area contributed by atoms with E-state index < -0.39 is 0 Å². The summed E-state index contributed by atoms with van der Waals surface area (Å²) in [5.41, 5.74) is 11.7. The van der Waals surface area contributed by atoms with E-state index in [1.807, 2.05) is 33.8 Å². The Kier molecular flexibility index (Phi) is 6.31. The third-order valence-electron chi connectivity index (χ3n) is 6.59. The maximum absolute atomic E-state index is 13.5. The Morgan fingerprint density at radius 2 is 2.09 bits per heavy atom. The number of carbonyl (C=O) groups is 1. The number of pyridine rings is 1. The second-order valence-corrected chi connectivity index (χ2v) is 9.09. The number of piperidine rings is 1. The van der Waals surface area contributed by atoms with E-state index in [4.69, 9.17) is 21.7 Å². The third kappa shape index (κ3) is 4.41. The molecule has 11 nitrogen and oxygen atoms in total. The fourth-order valence-corrected chi connectivity index (χ4v) is 4.91. The Bertz CT molecular complexity index is 1180. The minimum Gasteiger partial charge on any atom is -0.356 e. The van der Waals surface area contributed by atoms with Crippen molar-refractivity contribution in [1.29, 1.82) is 0 Å². The molecule has 2 saturated heterocycles. The molecule has 34 heavy (non-hydrogen) atoms. The number of nitrogens with one attached hydrogen (secondary N) is 2. The third-order valence-corrected chi connectivity index (χ3v) is 6.59. The van der Waals surface area contributed by atoms with E-state index in [1.165, 1.54) is 0 Å². The van der Waals surface area contributed by atoms with Gasteiger partial charge in [-0.1, -0.05) is 6.07 Å². The van der Waals surface area contributed by atoms with Gasteiger partial charge in [-0.2, -0.15) is 5.10 Å². The average molecular weight is 465 g/mol. The van der Waals surface area contributed by atoms with E-state index in [0.29, 0.717) is 24.7 Å². The molecule has 2 atom stereocenters. The molecule has 0 aliphatic carbocycles. The van der Waals surface area contributed by atoms with Crippen LogP contribution in [-0.4, -0.2) is 62.7 Å². The van der Waals surface area contributed by atoms with Gasteiger partial charge in [0, 0.05) is 43.5 Å². The van der Waals surface area contributed by atoms with Crippen molar-refractivity contribution in [2.24, 2.45) is 11.6 Å². The number of nitrogens with two attached hydrogens (primary N) is 2. The highest BCUT2D eigenvalue weighted by molar-refractivity contribution is 5.93. The van der Waals surface area contributed by atoms with Crippen molar-refractivity contribution in [3.63, 3.8) is 0 Å². The monoisotopic (exact) mass is 464 g/mol. The number of likely N-dealkylation sites (tertiary alicyclic amines) is 1. The molecule has 0 bridgehead atoms. The first-order valence-electron chi connectivity index (χ1n) is 11.9.